The van der Waals surface area contributed by atoms with E-state index in [9.17, 15) is 14.3 Å². The Balaban J connectivity index is 0.00000220. The van der Waals surface area contributed by atoms with E-state index in [0.717, 1.165) is 0 Å². The molecule has 1 aromatic carbocycles. The first-order chi connectivity index (χ1) is 9.43. The van der Waals surface area contributed by atoms with Gasteiger partial charge in [-0.05, 0) is 19.9 Å². The number of halogens is 2. The van der Waals surface area contributed by atoms with Crippen LogP contribution < -0.4 is 10.6 Å². The second kappa shape index (κ2) is 7.20. The zero-order valence-corrected chi connectivity index (χ0v) is 13.0. The van der Waals surface area contributed by atoms with E-state index in [4.69, 9.17) is 0 Å². The van der Waals surface area contributed by atoms with Crippen LogP contribution in [0.15, 0.2) is 24.3 Å². The van der Waals surface area contributed by atoms with Gasteiger partial charge in [-0.3, -0.25) is 4.79 Å². The summed E-state index contributed by atoms with van der Waals surface area (Å²) in [5.41, 5.74) is -0.565. The van der Waals surface area contributed by atoms with E-state index in [1.54, 1.807) is 32.0 Å². The molecule has 0 radical (unpaired) electrons. The van der Waals surface area contributed by atoms with Gasteiger partial charge in [0.1, 0.15) is 5.82 Å². The number of hydrogen-bond donors (Lipinski definition) is 3. The van der Waals surface area contributed by atoms with Gasteiger partial charge >= 0.3 is 0 Å². The van der Waals surface area contributed by atoms with Crippen LogP contribution in [0.4, 0.5) is 4.39 Å². The molecule has 1 aromatic rings. The molecule has 2 rings (SSSR count). The molecule has 2 unspecified atom stereocenters. The first-order valence-electron chi connectivity index (χ1n) is 6.85. The average molecular weight is 317 g/mol. The fraction of sp³-hybridized carbons (Fsp3) is 0.533. The van der Waals surface area contributed by atoms with Crippen molar-refractivity contribution in [1.82, 2.24) is 10.6 Å². The minimum absolute atomic E-state index is 0. The zero-order chi connectivity index (χ0) is 14.8. The van der Waals surface area contributed by atoms with Crippen LogP contribution in [-0.2, 0) is 10.2 Å². The van der Waals surface area contributed by atoms with Crippen molar-refractivity contribution < 1.29 is 14.3 Å². The van der Waals surface area contributed by atoms with Gasteiger partial charge in [0.05, 0.1) is 11.5 Å². The highest BCUT2D eigenvalue weighted by molar-refractivity contribution is 5.87. The monoisotopic (exact) mass is 316 g/mol. The summed E-state index contributed by atoms with van der Waals surface area (Å²) in [5.74, 6) is -0.604. The molecule has 1 heterocycles. The molecular formula is C15H22ClFN2O2. The third kappa shape index (κ3) is 3.93. The van der Waals surface area contributed by atoms with E-state index >= 15 is 0 Å². The second-order valence-corrected chi connectivity index (χ2v) is 5.80. The normalized spacial score (nSPS) is 21.7. The van der Waals surface area contributed by atoms with Gasteiger partial charge in [-0.25, -0.2) is 4.39 Å². The lowest BCUT2D eigenvalue weighted by molar-refractivity contribution is -0.126. The van der Waals surface area contributed by atoms with Crippen LogP contribution in [0.25, 0.3) is 0 Å². The summed E-state index contributed by atoms with van der Waals surface area (Å²) >= 11 is 0. The lowest BCUT2D eigenvalue weighted by Crippen LogP contribution is -2.44. The van der Waals surface area contributed by atoms with Crippen molar-refractivity contribution in [2.24, 2.45) is 5.92 Å². The highest BCUT2D eigenvalue weighted by Crippen LogP contribution is 2.26. The van der Waals surface area contributed by atoms with Crippen LogP contribution in [0.1, 0.15) is 19.4 Å². The Hall–Kier alpha value is -1.17. The first kappa shape index (κ1) is 17.9. The Kier molecular flexibility index (Phi) is 6.13. The van der Waals surface area contributed by atoms with Gasteiger partial charge in [-0.2, -0.15) is 0 Å². The van der Waals surface area contributed by atoms with Gasteiger partial charge in [0.25, 0.3) is 0 Å². The number of nitrogens with one attached hydrogen (secondary N) is 2. The SMILES string of the molecule is CC(C)(C(=O)NCC1CNCC1O)c1ccccc1F.Cl. The highest BCUT2D eigenvalue weighted by atomic mass is 35.5. The van der Waals surface area contributed by atoms with E-state index in [1.165, 1.54) is 6.07 Å². The Morgan fingerprint density at radius 2 is 2.10 bits per heavy atom. The smallest absolute Gasteiger partial charge is 0.230 e. The Morgan fingerprint density at radius 3 is 2.67 bits per heavy atom. The maximum atomic E-state index is 13.8. The van der Waals surface area contributed by atoms with Crippen LogP contribution in [0.3, 0.4) is 0 Å². The van der Waals surface area contributed by atoms with Crippen molar-refractivity contribution in [3.63, 3.8) is 0 Å². The third-order valence-electron chi connectivity index (χ3n) is 3.94. The van der Waals surface area contributed by atoms with Crippen LogP contribution >= 0.6 is 12.4 Å². The van der Waals surface area contributed by atoms with Crippen LogP contribution in [-0.4, -0.2) is 36.8 Å². The van der Waals surface area contributed by atoms with Gasteiger partial charge in [0, 0.05) is 31.1 Å². The van der Waals surface area contributed by atoms with Crippen LogP contribution in [0, 0.1) is 11.7 Å². The van der Waals surface area contributed by atoms with Gasteiger partial charge < -0.3 is 15.7 Å². The summed E-state index contributed by atoms with van der Waals surface area (Å²) in [4.78, 5) is 12.3. The summed E-state index contributed by atoms with van der Waals surface area (Å²) < 4.78 is 13.8. The Bertz CT molecular complexity index is 496. The molecule has 1 aliphatic rings. The molecule has 1 aliphatic heterocycles. The number of carbonyl (C=O) groups is 1. The number of amides is 1. The molecule has 4 nitrogen and oxygen atoms in total. The van der Waals surface area contributed by atoms with Crippen molar-refractivity contribution in [3.05, 3.63) is 35.6 Å². The number of rotatable bonds is 4. The maximum absolute atomic E-state index is 13.8. The molecule has 6 heteroatoms. The fourth-order valence-electron chi connectivity index (χ4n) is 2.46. The Labute approximate surface area is 130 Å². The molecule has 1 fully saturated rings. The molecule has 2 atom stereocenters. The van der Waals surface area contributed by atoms with Crippen molar-refractivity contribution in [2.75, 3.05) is 19.6 Å². The molecular weight excluding hydrogens is 295 g/mol. The molecule has 0 aliphatic carbocycles. The minimum Gasteiger partial charge on any atom is -0.391 e. The average Bonchev–Trinajstić information content (AvgIpc) is 2.81. The maximum Gasteiger partial charge on any atom is 0.230 e. The quantitative estimate of drug-likeness (QED) is 0.783. The van der Waals surface area contributed by atoms with E-state index in [0.29, 0.717) is 25.2 Å². The van der Waals surface area contributed by atoms with Crippen molar-refractivity contribution >= 4 is 18.3 Å². The third-order valence-corrected chi connectivity index (χ3v) is 3.94. The number of β-amino-alcohol motifs (C(OH)–C–C–N with tert-alkyl or cyclic N) is 1. The predicted octanol–water partition coefficient (Wildman–Crippen LogP) is 1.22. The largest absolute Gasteiger partial charge is 0.391 e. The summed E-state index contributed by atoms with van der Waals surface area (Å²) in [7, 11) is 0. The van der Waals surface area contributed by atoms with E-state index in [1.807, 2.05) is 0 Å². The minimum atomic E-state index is -0.942. The summed E-state index contributed by atoms with van der Waals surface area (Å²) in [6.07, 6.45) is -0.438. The second-order valence-electron chi connectivity index (χ2n) is 5.80. The van der Waals surface area contributed by atoms with Crippen molar-refractivity contribution in [1.29, 1.82) is 0 Å². The number of aliphatic hydroxyl groups is 1. The predicted molar refractivity (Wildman–Crippen MR) is 82.1 cm³/mol. The Morgan fingerprint density at radius 1 is 1.43 bits per heavy atom. The van der Waals surface area contributed by atoms with Crippen molar-refractivity contribution in [2.45, 2.75) is 25.4 Å². The fourth-order valence-corrected chi connectivity index (χ4v) is 2.46. The topological polar surface area (TPSA) is 61.4 Å². The lowest BCUT2D eigenvalue weighted by atomic mass is 9.83. The molecule has 0 spiro atoms. The molecule has 21 heavy (non-hydrogen) atoms. The lowest BCUT2D eigenvalue weighted by Gasteiger charge is -2.26. The molecule has 1 amide bonds. The molecule has 1 saturated heterocycles. The summed E-state index contributed by atoms with van der Waals surface area (Å²) in [5, 5.41) is 15.6. The van der Waals surface area contributed by atoms with E-state index in [-0.39, 0.29) is 30.0 Å². The zero-order valence-electron chi connectivity index (χ0n) is 12.2. The van der Waals surface area contributed by atoms with Crippen LogP contribution in [0.5, 0.6) is 0 Å². The summed E-state index contributed by atoms with van der Waals surface area (Å²) in [6.45, 7) is 5.03. The molecule has 118 valence electrons. The number of hydrogen-bond acceptors (Lipinski definition) is 3. The van der Waals surface area contributed by atoms with Gasteiger partial charge in [0.2, 0.25) is 5.91 Å². The number of benzene rings is 1. The van der Waals surface area contributed by atoms with Gasteiger partial charge in [0.15, 0.2) is 0 Å². The summed E-state index contributed by atoms with van der Waals surface area (Å²) in [6, 6.07) is 6.31. The van der Waals surface area contributed by atoms with Gasteiger partial charge in [-0.1, -0.05) is 18.2 Å². The molecule has 3 N–H and O–H groups in total. The van der Waals surface area contributed by atoms with E-state index in [2.05, 4.69) is 10.6 Å². The molecule has 0 saturated carbocycles. The molecule has 0 aromatic heterocycles. The standard InChI is InChI=1S/C15H21FN2O2.ClH/c1-15(2,11-5-3-4-6-12(11)16)14(20)18-8-10-7-17-9-13(10)19;/h3-6,10,13,17,19H,7-9H2,1-2H3,(H,18,20);1H. The van der Waals surface area contributed by atoms with Gasteiger partial charge in [-0.15, -0.1) is 12.4 Å². The number of aliphatic hydroxyl groups excluding tert-OH is 1. The van der Waals surface area contributed by atoms with Crippen molar-refractivity contribution in [3.8, 4) is 0 Å². The molecule has 0 bridgehead atoms. The van der Waals surface area contributed by atoms with E-state index < -0.39 is 11.5 Å². The van der Waals surface area contributed by atoms with Crippen LogP contribution in [0.2, 0.25) is 0 Å². The highest BCUT2D eigenvalue weighted by Gasteiger charge is 2.33. The first-order valence-corrected chi connectivity index (χ1v) is 6.85. The number of carbonyl (C=O) groups excluding carboxylic acids is 1.